The van der Waals surface area contributed by atoms with E-state index in [1.54, 1.807) is 42.9 Å². The minimum Gasteiger partial charge on any atom is -0.457 e. The molecule has 0 aliphatic rings. The average Bonchev–Trinajstić information content (AvgIpc) is 3.48. The zero-order valence-electron chi connectivity index (χ0n) is 17.1. The van der Waals surface area contributed by atoms with E-state index in [0.717, 1.165) is 31.4 Å². The molecule has 4 aromatic rings. The van der Waals surface area contributed by atoms with Gasteiger partial charge < -0.3 is 9.15 Å². The van der Waals surface area contributed by atoms with E-state index in [0.29, 0.717) is 22.2 Å². The zero-order chi connectivity index (χ0) is 22.2. The molecule has 0 radical (unpaired) electrons. The fraction of sp³-hybridized carbons (Fsp3) is 0.227. The Labute approximate surface area is 188 Å². The summed E-state index contributed by atoms with van der Waals surface area (Å²) in [6, 6.07) is 4.71. The Bertz CT molecular complexity index is 1160. The van der Waals surface area contributed by atoms with E-state index in [2.05, 4.69) is 25.3 Å². The van der Waals surface area contributed by atoms with Crippen LogP contribution in [-0.4, -0.2) is 29.9 Å². The fourth-order valence-electron chi connectivity index (χ4n) is 2.90. The van der Waals surface area contributed by atoms with Crippen LogP contribution < -0.4 is 4.74 Å². The lowest BCUT2D eigenvalue weighted by Crippen LogP contribution is -2.01. The summed E-state index contributed by atoms with van der Waals surface area (Å²) in [6.07, 6.45) is 14.5. The summed E-state index contributed by atoms with van der Waals surface area (Å²) < 4.78 is 26.6. The molecule has 0 fully saturated rings. The number of hydrogen-bond acceptors (Lipinski definition) is 7. The monoisotopic (exact) mass is 454 g/mol. The van der Waals surface area contributed by atoms with Crippen molar-refractivity contribution in [1.29, 1.82) is 0 Å². The molecule has 3 heterocycles. The van der Waals surface area contributed by atoms with Gasteiger partial charge in [0.15, 0.2) is 0 Å². The first-order valence-electron chi connectivity index (χ1n) is 10.0. The number of benzene rings is 1. The Hall–Kier alpha value is -3.59. The van der Waals surface area contributed by atoms with Crippen molar-refractivity contribution >= 4 is 23.8 Å². The number of rotatable bonds is 10. The van der Waals surface area contributed by atoms with Crippen LogP contribution in [-0.2, 0) is 19.6 Å². The van der Waals surface area contributed by atoms with E-state index in [-0.39, 0.29) is 12.6 Å². The number of hydrogen-bond donors (Lipinski definition) is 0. The molecule has 0 aliphatic carbocycles. The van der Waals surface area contributed by atoms with Crippen LogP contribution in [0.15, 0.2) is 53.7 Å². The Kier molecular flexibility index (Phi) is 7.19. The van der Waals surface area contributed by atoms with Crippen LogP contribution in [0.25, 0.3) is 12.2 Å². The molecule has 32 heavy (non-hydrogen) atoms. The molecule has 0 N–H and O–H groups in total. The highest BCUT2D eigenvalue weighted by molar-refractivity contribution is 6.30. The molecule has 10 heteroatoms. The lowest BCUT2D eigenvalue weighted by atomic mass is 10.1. The van der Waals surface area contributed by atoms with Crippen molar-refractivity contribution in [3.63, 3.8) is 0 Å². The summed E-state index contributed by atoms with van der Waals surface area (Å²) in [7, 11) is 0. The SMILES string of the molecule is Fc1cc(Cl)ccc1C=Cc1nc(COc2ncc(CCCCn3ccnn3)cn2)co1. The van der Waals surface area contributed by atoms with Crippen LogP contribution in [0.2, 0.25) is 5.02 Å². The number of unbranched alkanes of at least 4 members (excludes halogenated alkanes) is 1. The number of halogens is 2. The lowest BCUT2D eigenvalue weighted by Gasteiger charge is -2.04. The largest absolute Gasteiger partial charge is 0.457 e. The Morgan fingerprint density at radius 2 is 2.03 bits per heavy atom. The molecule has 0 atom stereocenters. The van der Waals surface area contributed by atoms with Gasteiger partial charge in [-0.3, -0.25) is 4.68 Å². The third kappa shape index (κ3) is 6.21. The first-order chi connectivity index (χ1) is 15.7. The number of aryl methyl sites for hydroxylation is 2. The van der Waals surface area contributed by atoms with Gasteiger partial charge in [-0.15, -0.1) is 5.10 Å². The third-order valence-electron chi connectivity index (χ3n) is 4.54. The molecule has 4 rings (SSSR count). The van der Waals surface area contributed by atoms with Crippen molar-refractivity contribution in [2.24, 2.45) is 0 Å². The summed E-state index contributed by atoms with van der Waals surface area (Å²) in [5.74, 6) is -0.0835. The van der Waals surface area contributed by atoms with Crippen LogP contribution in [0.4, 0.5) is 4.39 Å². The van der Waals surface area contributed by atoms with E-state index in [1.807, 2.05) is 10.9 Å². The van der Waals surface area contributed by atoms with Gasteiger partial charge in [0, 0.05) is 41.8 Å². The van der Waals surface area contributed by atoms with Crippen molar-refractivity contribution in [3.05, 3.63) is 82.8 Å². The zero-order valence-corrected chi connectivity index (χ0v) is 17.8. The van der Waals surface area contributed by atoms with Gasteiger partial charge in [0.05, 0.1) is 6.20 Å². The summed E-state index contributed by atoms with van der Waals surface area (Å²) in [5, 5.41) is 8.07. The minimum atomic E-state index is -0.417. The molecule has 0 amide bonds. The van der Waals surface area contributed by atoms with E-state index < -0.39 is 5.82 Å². The maximum Gasteiger partial charge on any atom is 0.316 e. The second kappa shape index (κ2) is 10.6. The molecule has 0 saturated carbocycles. The summed E-state index contributed by atoms with van der Waals surface area (Å²) >= 11 is 5.75. The highest BCUT2D eigenvalue weighted by Crippen LogP contribution is 2.17. The minimum absolute atomic E-state index is 0.157. The highest BCUT2D eigenvalue weighted by Gasteiger charge is 2.06. The molecule has 1 aromatic carbocycles. The van der Waals surface area contributed by atoms with Gasteiger partial charge in [-0.25, -0.2) is 19.3 Å². The number of aromatic nitrogens is 6. The first kappa shape index (κ1) is 21.6. The van der Waals surface area contributed by atoms with Crippen molar-refractivity contribution in [2.75, 3.05) is 0 Å². The van der Waals surface area contributed by atoms with Crippen molar-refractivity contribution in [1.82, 2.24) is 29.9 Å². The molecular formula is C22H20ClFN6O2. The normalized spacial score (nSPS) is 11.3. The second-order valence-electron chi connectivity index (χ2n) is 6.96. The molecule has 164 valence electrons. The van der Waals surface area contributed by atoms with Crippen molar-refractivity contribution in [3.8, 4) is 6.01 Å². The average molecular weight is 455 g/mol. The Morgan fingerprint density at radius 3 is 2.81 bits per heavy atom. The van der Waals surface area contributed by atoms with E-state index in [1.165, 1.54) is 12.3 Å². The van der Waals surface area contributed by atoms with Crippen molar-refractivity contribution in [2.45, 2.75) is 32.4 Å². The molecule has 3 aromatic heterocycles. The fourth-order valence-corrected chi connectivity index (χ4v) is 3.06. The lowest BCUT2D eigenvalue weighted by molar-refractivity contribution is 0.275. The number of oxazole rings is 1. The maximum absolute atomic E-state index is 13.8. The Morgan fingerprint density at radius 1 is 1.16 bits per heavy atom. The highest BCUT2D eigenvalue weighted by atomic mass is 35.5. The summed E-state index contributed by atoms with van der Waals surface area (Å²) in [6.45, 7) is 0.996. The van der Waals surface area contributed by atoms with Crippen LogP contribution in [0.5, 0.6) is 6.01 Å². The van der Waals surface area contributed by atoms with Crippen LogP contribution >= 0.6 is 11.6 Å². The van der Waals surface area contributed by atoms with E-state index in [9.17, 15) is 4.39 Å². The maximum atomic E-state index is 13.8. The molecular weight excluding hydrogens is 435 g/mol. The van der Waals surface area contributed by atoms with Crippen LogP contribution in [0, 0.1) is 5.82 Å². The van der Waals surface area contributed by atoms with Gasteiger partial charge in [0.25, 0.3) is 0 Å². The quantitative estimate of drug-likeness (QED) is 0.323. The van der Waals surface area contributed by atoms with Crippen LogP contribution in [0.1, 0.15) is 35.6 Å². The van der Waals surface area contributed by atoms with Gasteiger partial charge in [-0.1, -0.05) is 22.9 Å². The Balaban J connectivity index is 1.22. The van der Waals surface area contributed by atoms with E-state index in [4.69, 9.17) is 20.8 Å². The summed E-state index contributed by atoms with van der Waals surface area (Å²) in [4.78, 5) is 12.8. The number of nitrogens with zero attached hydrogens (tertiary/aromatic N) is 6. The number of ether oxygens (including phenoxy) is 1. The smallest absolute Gasteiger partial charge is 0.316 e. The molecule has 0 aliphatic heterocycles. The molecule has 8 nitrogen and oxygen atoms in total. The van der Waals surface area contributed by atoms with Crippen molar-refractivity contribution < 1.29 is 13.5 Å². The third-order valence-corrected chi connectivity index (χ3v) is 4.78. The molecule has 0 bridgehead atoms. The first-order valence-corrected chi connectivity index (χ1v) is 10.4. The summed E-state index contributed by atoms with van der Waals surface area (Å²) in [5.41, 5.74) is 2.00. The van der Waals surface area contributed by atoms with Gasteiger partial charge in [0.1, 0.15) is 24.4 Å². The van der Waals surface area contributed by atoms with Gasteiger partial charge >= 0.3 is 6.01 Å². The second-order valence-corrected chi connectivity index (χ2v) is 7.40. The molecule has 0 saturated heterocycles. The molecule has 0 spiro atoms. The van der Waals surface area contributed by atoms with Crippen LogP contribution in [0.3, 0.4) is 0 Å². The standard InChI is InChI=1S/C22H20ClFN6O2/c23-18-6-4-17(20(24)11-18)5-7-21-28-19(14-31-21)15-32-22-25-12-16(13-26-22)3-1-2-9-30-10-8-27-29-30/h4-8,10-14H,1-3,9,15H2. The van der Waals surface area contributed by atoms with Gasteiger partial charge in [0.2, 0.25) is 5.89 Å². The predicted octanol–water partition coefficient (Wildman–Crippen LogP) is 4.62. The predicted molar refractivity (Wildman–Crippen MR) is 116 cm³/mol. The molecule has 0 unspecified atom stereocenters. The topological polar surface area (TPSA) is 91.8 Å². The van der Waals surface area contributed by atoms with Gasteiger partial charge in [-0.05, 0) is 43.0 Å². The van der Waals surface area contributed by atoms with Gasteiger partial charge in [-0.2, -0.15) is 0 Å². The van der Waals surface area contributed by atoms with E-state index >= 15 is 0 Å².